The number of halogens is 1. The van der Waals surface area contributed by atoms with Gasteiger partial charge < -0.3 is 15.7 Å². The van der Waals surface area contributed by atoms with E-state index in [1.807, 2.05) is 6.07 Å². The standard InChI is InChI=1S/C17H20FN3O4/c1-10(9-19)6-15(17(24)25)21-16(23)14(20-11(2)22)8-12-4-3-5-13(18)7-12/h3-5,7,10,14-15H,6,8H2,1-2H3,(H,20,22)(H,21,23)(H,24,25)/t10-,14-,15-/m0/s1. The average molecular weight is 349 g/mol. The average Bonchev–Trinajstić information content (AvgIpc) is 2.52. The van der Waals surface area contributed by atoms with Gasteiger partial charge in [-0.05, 0) is 31.0 Å². The topological polar surface area (TPSA) is 119 Å². The van der Waals surface area contributed by atoms with E-state index < -0.39 is 41.6 Å². The van der Waals surface area contributed by atoms with Gasteiger partial charge in [0.05, 0.1) is 6.07 Å². The maximum atomic E-state index is 13.3. The molecule has 0 aliphatic rings. The quantitative estimate of drug-likeness (QED) is 0.647. The van der Waals surface area contributed by atoms with Gasteiger partial charge in [0, 0.05) is 19.3 Å². The second kappa shape index (κ2) is 9.37. The summed E-state index contributed by atoms with van der Waals surface area (Å²) in [4.78, 5) is 35.0. The van der Waals surface area contributed by atoms with E-state index in [0.717, 1.165) is 0 Å². The number of rotatable bonds is 8. The van der Waals surface area contributed by atoms with Crippen molar-refractivity contribution < 1.29 is 23.9 Å². The highest BCUT2D eigenvalue weighted by molar-refractivity contribution is 5.90. The molecule has 1 aromatic rings. The van der Waals surface area contributed by atoms with Crippen molar-refractivity contribution in [2.75, 3.05) is 0 Å². The molecule has 134 valence electrons. The zero-order chi connectivity index (χ0) is 19.0. The van der Waals surface area contributed by atoms with Crippen LogP contribution in [0.15, 0.2) is 24.3 Å². The molecule has 1 rings (SSSR count). The Kier molecular flexibility index (Phi) is 7.53. The molecule has 0 fully saturated rings. The highest BCUT2D eigenvalue weighted by atomic mass is 19.1. The van der Waals surface area contributed by atoms with Crippen molar-refractivity contribution >= 4 is 17.8 Å². The lowest BCUT2D eigenvalue weighted by molar-refractivity contribution is -0.142. The first kappa shape index (κ1) is 20.1. The van der Waals surface area contributed by atoms with E-state index in [2.05, 4.69) is 10.6 Å². The van der Waals surface area contributed by atoms with Gasteiger partial charge in [-0.15, -0.1) is 0 Å². The van der Waals surface area contributed by atoms with Crippen LogP contribution in [-0.4, -0.2) is 35.0 Å². The fourth-order valence-electron chi connectivity index (χ4n) is 2.25. The lowest BCUT2D eigenvalue weighted by Crippen LogP contribution is -2.52. The van der Waals surface area contributed by atoms with Crippen molar-refractivity contribution in [2.45, 2.75) is 38.8 Å². The molecule has 0 radical (unpaired) electrons. The molecular formula is C17H20FN3O4. The third-order valence-corrected chi connectivity index (χ3v) is 3.45. The highest BCUT2D eigenvalue weighted by Crippen LogP contribution is 2.09. The Morgan fingerprint density at radius 3 is 2.48 bits per heavy atom. The number of hydrogen-bond acceptors (Lipinski definition) is 4. The Bertz CT molecular complexity index is 687. The van der Waals surface area contributed by atoms with E-state index in [9.17, 15) is 23.9 Å². The second-order valence-electron chi connectivity index (χ2n) is 5.75. The molecule has 0 saturated carbocycles. The van der Waals surface area contributed by atoms with E-state index >= 15 is 0 Å². The van der Waals surface area contributed by atoms with Gasteiger partial charge in [0.25, 0.3) is 0 Å². The molecule has 3 N–H and O–H groups in total. The molecule has 3 atom stereocenters. The molecule has 8 heteroatoms. The van der Waals surface area contributed by atoms with Crippen LogP contribution in [0.5, 0.6) is 0 Å². The number of nitrogens with one attached hydrogen (secondary N) is 2. The van der Waals surface area contributed by atoms with E-state index in [1.165, 1.54) is 25.1 Å². The van der Waals surface area contributed by atoms with Crippen molar-refractivity contribution in [3.05, 3.63) is 35.6 Å². The Balaban J connectivity index is 2.89. The first-order valence-corrected chi connectivity index (χ1v) is 7.67. The van der Waals surface area contributed by atoms with Crippen LogP contribution in [0.2, 0.25) is 0 Å². The number of carboxylic acids is 1. The van der Waals surface area contributed by atoms with Crippen LogP contribution in [0.25, 0.3) is 0 Å². The number of carbonyl (C=O) groups is 3. The minimum absolute atomic E-state index is 0.00329. The SMILES string of the molecule is CC(=O)N[C@@H](Cc1cccc(F)c1)C(=O)N[C@@H](C[C@H](C)C#N)C(=O)O. The minimum atomic E-state index is -1.28. The fraction of sp³-hybridized carbons (Fsp3) is 0.412. The van der Waals surface area contributed by atoms with Crippen LogP contribution in [0.1, 0.15) is 25.8 Å². The molecule has 0 unspecified atom stereocenters. The Hall–Kier alpha value is -2.95. The van der Waals surface area contributed by atoms with Gasteiger partial charge in [-0.3, -0.25) is 9.59 Å². The monoisotopic (exact) mass is 349 g/mol. The van der Waals surface area contributed by atoms with Crippen LogP contribution in [0, 0.1) is 23.1 Å². The van der Waals surface area contributed by atoms with Crippen molar-refractivity contribution in [3.8, 4) is 6.07 Å². The number of carboxylic acid groups (broad SMARTS) is 1. The number of carbonyl (C=O) groups excluding carboxylic acids is 2. The molecule has 0 aromatic heterocycles. The van der Waals surface area contributed by atoms with Crippen molar-refractivity contribution in [3.63, 3.8) is 0 Å². The summed E-state index contributed by atoms with van der Waals surface area (Å²) in [5, 5.41) is 22.7. The van der Waals surface area contributed by atoms with Crippen LogP contribution in [0.3, 0.4) is 0 Å². The zero-order valence-electron chi connectivity index (χ0n) is 14.0. The molecule has 25 heavy (non-hydrogen) atoms. The molecule has 0 aliphatic heterocycles. The Labute approximate surface area is 144 Å². The third-order valence-electron chi connectivity index (χ3n) is 3.45. The molecular weight excluding hydrogens is 329 g/mol. The summed E-state index contributed by atoms with van der Waals surface area (Å²) in [6.07, 6.45) is -0.0619. The number of amides is 2. The fourth-order valence-corrected chi connectivity index (χ4v) is 2.25. The van der Waals surface area contributed by atoms with Gasteiger partial charge in [0.2, 0.25) is 11.8 Å². The maximum absolute atomic E-state index is 13.3. The molecule has 1 aromatic carbocycles. The minimum Gasteiger partial charge on any atom is -0.480 e. The molecule has 2 amide bonds. The second-order valence-corrected chi connectivity index (χ2v) is 5.75. The van der Waals surface area contributed by atoms with Crippen LogP contribution >= 0.6 is 0 Å². The summed E-state index contributed by atoms with van der Waals surface area (Å²) in [7, 11) is 0. The Morgan fingerprint density at radius 2 is 1.96 bits per heavy atom. The number of hydrogen-bond donors (Lipinski definition) is 3. The van der Waals surface area contributed by atoms with Crippen LogP contribution < -0.4 is 10.6 Å². The lowest BCUT2D eigenvalue weighted by atomic mass is 10.0. The first-order valence-electron chi connectivity index (χ1n) is 7.67. The summed E-state index contributed by atoms with van der Waals surface area (Å²) in [5.74, 6) is -3.51. The molecule has 0 saturated heterocycles. The van der Waals surface area contributed by atoms with Gasteiger partial charge in [0.15, 0.2) is 0 Å². The first-order chi connectivity index (χ1) is 11.7. The van der Waals surface area contributed by atoms with E-state index in [1.54, 1.807) is 13.0 Å². The molecule has 0 heterocycles. The van der Waals surface area contributed by atoms with Crippen molar-refractivity contribution in [1.29, 1.82) is 5.26 Å². The summed E-state index contributed by atoms with van der Waals surface area (Å²) in [5.41, 5.74) is 0.478. The summed E-state index contributed by atoms with van der Waals surface area (Å²) < 4.78 is 13.3. The highest BCUT2D eigenvalue weighted by Gasteiger charge is 2.27. The van der Waals surface area contributed by atoms with E-state index in [-0.39, 0.29) is 12.8 Å². The van der Waals surface area contributed by atoms with Crippen LogP contribution in [-0.2, 0) is 20.8 Å². The van der Waals surface area contributed by atoms with Crippen molar-refractivity contribution in [2.24, 2.45) is 5.92 Å². The number of nitrogens with zero attached hydrogens (tertiary/aromatic N) is 1. The van der Waals surface area contributed by atoms with Gasteiger partial charge in [-0.2, -0.15) is 5.26 Å². The number of nitriles is 1. The van der Waals surface area contributed by atoms with Gasteiger partial charge in [-0.1, -0.05) is 12.1 Å². The number of benzene rings is 1. The zero-order valence-corrected chi connectivity index (χ0v) is 14.0. The molecule has 0 bridgehead atoms. The largest absolute Gasteiger partial charge is 0.480 e. The smallest absolute Gasteiger partial charge is 0.326 e. The summed E-state index contributed by atoms with van der Waals surface area (Å²) >= 11 is 0. The van der Waals surface area contributed by atoms with Gasteiger partial charge in [0.1, 0.15) is 17.9 Å². The van der Waals surface area contributed by atoms with E-state index in [4.69, 9.17) is 5.26 Å². The third kappa shape index (κ3) is 6.99. The molecule has 0 aliphatic carbocycles. The Morgan fingerprint density at radius 1 is 1.28 bits per heavy atom. The van der Waals surface area contributed by atoms with E-state index in [0.29, 0.717) is 5.56 Å². The van der Waals surface area contributed by atoms with Gasteiger partial charge in [-0.25, -0.2) is 9.18 Å². The number of aliphatic carboxylic acids is 1. The maximum Gasteiger partial charge on any atom is 0.326 e. The van der Waals surface area contributed by atoms with Crippen molar-refractivity contribution in [1.82, 2.24) is 10.6 Å². The summed E-state index contributed by atoms with van der Waals surface area (Å²) in [6.45, 7) is 2.76. The molecule has 7 nitrogen and oxygen atoms in total. The normalized spacial score (nSPS) is 13.8. The van der Waals surface area contributed by atoms with Crippen LogP contribution in [0.4, 0.5) is 4.39 Å². The lowest BCUT2D eigenvalue weighted by Gasteiger charge is -2.21. The molecule has 0 spiro atoms. The predicted molar refractivity (Wildman–Crippen MR) is 86.7 cm³/mol. The predicted octanol–water partition coefficient (Wildman–Crippen LogP) is 0.992. The summed E-state index contributed by atoms with van der Waals surface area (Å²) in [6, 6.07) is 5.14. The van der Waals surface area contributed by atoms with Gasteiger partial charge >= 0.3 is 5.97 Å².